The molecule has 1 N–H and O–H groups in total. The van der Waals surface area contributed by atoms with Crippen molar-refractivity contribution in [1.82, 2.24) is 10.2 Å². The summed E-state index contributed by atoms with van der Waals surface area (Å²) >= 11 is 0. The van der Waals surface area contributed by atoms with Gasteiger partial charge in [-0.05, 0) is 30.6 Å². The van der Waals surface area contributed by atoms with Gasteiger partial charge in [0.1, 0.15) is 0 Å². The third-order valence-corrected chi connectivity index (χ3v) is 4.51. The van der Waals surface area contributed by atoms with Crippen molar-refractivity contribution in [2.24, 2.45) is 11.3 Å². The molecule has 2 rings (SSSR count). The normalized spacial score (nSPS) is 29.7. The van der Waals surface area contributed by atoms with Crippen molar-refractivity contribution in [3.8, 4) is 0 Å². The molecule has 1 aliphatic heterocycles. The zero-order valence-corrected chi connectivity index (χ0v) is 13.2. The van der Waals surface area contributed by atoms with Crippen LogP contribution in [-0.2, 0) is 4.74 Å². The van der Waals surface area contributed by atoms with Gasteiger partial charge in [0.2, 0.25) is 0 Å². The lowest BCUT2D eigenvalue weighted by Gasteiger charge is -2.46. The highest BCUT2D eigenvalue weighted by atomic mass is 16.5. The number of rotatable bonds is 6. The first kappa shape index (κ1) is 15.3. The molecule has 0 aromatic heterocycles. The fraction of sp³-hybridized carbons (Fsp3) is 1.00. The molecule has 112 valence electrons. The molecule has 0 amide bonds. The van der Waals surface area contributed by atoms with Crippen LogP contribution in [0, 0.1) is 11.3 Å². The second-order valence-electron chi connectivity index (χ2n) is 7.34. The van der Waals surface area contributed by atoms with Gasteiger partial charge in [-0.2, -0.15) is 0 Å². The van der Waals surface area contributed by atoms with Crippen molar-refractivity contribution >= 4 is 0 Å². The van der Waals surface area contributed by atoms with Gasteiger partial charge in [-0.3, -0.25) is 4.90 Å². The molecular weight excluding hydrogens is 236 g/mol. The van der Waals surface area contributed by atoms with E-state index in [0.717, 1.165) is 44.7 Å². The molecule has 1 aliphatic carbocycles. The third-order valence-electron chi connectivity index (χ3n) is 4.51. The van der Waals surface area contributed by atoms with E-state index in [-0.39, 0.29) is 0 Å². The van der Waals surface area contributed by atoms with Gasteiger partial charge >= 0.3 is 0 Å². The van der Waals surface area contributed by atoms with Crippen molar-refractivity contribution in [1.29, 1.82) is 0 Å². The van der Waals surface area contributed by atoms with Crippen LogP contribution in [0.3, 0.4) is 0 Å². The van der Waals surface area contributed by atoms with Crippen LogP contribution in [0.1, 0.15) is 47.0 Å². The summed E-state index contributed by atoms with van der Waals surface area (Å²) < 4.78 is 5.70. The van der Waals surface area contributed by atoms with Crippen molar-refractivity contribution in [3.05, 3.63) is 0 Å². The number of nitrogens with zero attached hydrogens (tertiary/aromatic N) is 1. The molecule has 3 heteroatoms. The maximum atomic E-state index is 5.70. The van der Waals surface area contributed by atoms with Gasteiger partial charge < -0.3 is 10.1 Å². The number of piperazine rings is 1. The Labute approximate surface area is 119 Å². The average Bonchev–Trinajstić information content (AvgIpc) is 3.17. The zero-order valence-electron chi connectivity index (χ0n) is 13.2. The Hall–Kier alpha value is -0.120. The van der Waals surface area contributed by atoms with E-state index < -0.39 is 0 Å². The predicted octanol–water partition coefficient (Wildman–Crippen LogP) is 2.51. The first-order valence-electron chi connectivity index (χ1n) is 8.07. The molecule has 2 atom stereocenters. The molecule has 2 aliphatic rings. The molecule has 2 unspecified atom stereocenters. The predicted molar refractivity (Wildman–Crippen MR) is 80.4 cm³/mol. The maximum Gasteiger partial charge on any atom is 0.0593 e. The second kappa shape index (κ2) is 6.55. The molecule has 19 heavy (non-hydrogen) atoms. The Morgan fingerprint density at radius 3 is 2.53 bits per heavy atom. The van der Waals surface area contributed by atoms with E-state index in [9.17, 15) is 0 Å². The smallest absolute Gasteiger partial charge is 0.0593 e. The lowest BCUT2D eigenvalue weighted by molar-refractivity contribution is 0.0220. The van der Waals surface area contributed by atoms with Crippen LogP contribution in [0.15, 0.2) is 0 Å². The van der Waals surface area contributed by atoms with E-state index in [4.69, 9.17) is 4.74 Å². The minimum absolute atomic E-state index is 0.340. The van der Waals surface area contributed by atoms with E-state index >= 15 is 0 Å². The monoisotopic (exact) mass is 268 g/mol. The number of hydrogen-bond donors (Lipinski definition) is 1. The molecule has 1 heterocycles. The Morgan fingerprint density at radius 2 is 1.95 bits per heavy atom. The van der Waals surface area contributed by atoms with E-state index in [1.165, 1.54) is 19.4 Å². The summed E-state index contributed by atoms with van der Waals surface area (Å²) in [6.45, 7) is 14.5. The molecule has 0 aromatic rings. The van der Waals surface area contributed by atoms with Crippen LogP contribution in [0.25, 0.3) is 0 Å². The van der Waals surface area contributed by atoms with Crippen LogP contribution in [-0.4, -0.2) is 49.8 Å². The lowest BCUT2D eigenvalue weighted by atomic mass is 9.83. The largest absolute Gasteiger partial charge is 0.380 e. The molecule has 0 spiro atoms. The topological polar surface area (TPSA) is 24.5 Å². The van der Waals surface area contributed by atoms with Crippen molar-refractivity contribution < 1.29 is 4.74 Å². The van der Waals surface area contributed by atoms with Crippen LogP contribution in [0.2, 0.25) is 0 Å². The molecule has 3 nitrogen and oxygen atoms in total. The Kier molecular flexibility index (Phi) is 5.27. The van der Waals surface area contributed by atoms with Gasteiger partial charge in [-0.15, -0.1) is 0 Å². The second-order valence-corrected chi connectivity index (χ2v) is 7.34. The van der Waals surface area contributed by atoms with E-state index in [0.29, 0.717) is 11.5 Å². The van der Waals surface area contributed by atoms with Crippen LogP contribution in [0.4, 0.5) is 0 Å². The zero-order chi connectivity index (χ0) is 13.9. The van der Waals surface area contributed by atoms with Crippen LogP contribution >= 0.6 is 0 Å². The van der Waals surface area contributed by atoms with Gasteiger partial charge in [0.15, 0.2) is 0 Å². The summed E-state index contributed by atoms with van der Waals surface area (Å²) in [5, 5.41) is 3.79. The summed E-state index contributed by atoms with van der Waals surface area (Å²) in [6, 6.07) is 1.36. The van der Waals surface area contributed by atoms with Gasteiger partial charge in [-0.1, -0.05) is 27.7 Å². The highest BCUT2D eigenvalue weighted by Crippen LogP contribution is 2.36. The molecule has 0 bridgehead atoms. The third kappa shape index (κ3) is 4.44. The summed E-state index contributed by atoms with van der Waals surface area (Å²) in [7, 11) is 0. The van der Waals surface area contributed by atoms with Gasteiger partial charge in [0.25, 0.3) is 0 Å². The lowest BCUT2D eigenvalue weighted by Crippen LogP contribution is -2.61. The van der Waals surface area contributed by atoms with E-state index in [1.807, 2.05) is 0 Å². The van der Waals surface area contributed by atoms with E-state index in [1.54, 1.807) is 0 Å². The number of hydrogen-bond acceptors (Lipinski definition) is 3. The first-order chi connectivity index (χ1) is 9.02. The minimum atomic E-state index is 0.340. The van der Waals surface area contributed by atoms with Crippen LogP contribution < -0.4 is 5.32 Å². The van der Waals surface area contributed by atoms with Gasteiger partial charge in [-0.25, -0.2) is 0 Å². The fourth-order valence-electron chi connectivity index (χ4n) is 3.18. The first-order valence-corrected chi connectivity index (χ1v) is 8.07. The molecule has 0 radical (unpaired) electrons. The van der Waals surface area contributed by atoms with Crippen LogP contribution in [0.5, 0.6) is 0 Å². The number of nitrogens with one attached hydrogen (secondary N) is 1. The highest BCUT2D eigenvalue weighted by Gasteiger charge is 2.40. The summed E-state index contributed by atoms with van der Waals surface area (Å²) in [6.07, 6.45) is 3.98. The minimum Gasteiger partial charge on any atom is -0.380 e. The summed E-state index contributed by atoms with van der Waals surface area (Å²) in [4.78, 5) is 2.68. The molecule has 2 fully saturated rings. The summed E-state index contributed by atoms with van der Waals surface area (Å²) in [5.74, 6) is 0.944. The summed E-state index contributed by atoms with van der Waals surface area (Å²) in [5.41, 5.74) is 0.340. The molecule has 0 aromatic carbocycles. The van der Waals surface area contributed by atoms with Crippen molar-refractivity contribution in [2.45, 2.75) is 59.0 Å². The Morgan fingerprint density at radius 1 is 1.21 bits per heavy atom. The quantitative estimate of drug-likeness (QED) is 0.749. The number of ether oxygens (including phenoxy) is 1. The Balaban J connectivity index is 1.86. The molecule has 1 saturated heterocycles. The SMILES string of the molecule is CCCOCCN1CC(C2CC2)NCC1C(C)(C)C. The van der Waals surface area contributed by atoms with E-state index in [2.05, 4.69) is 37.9 Å². The van der Waals surface area contributed by atoms with Gasteiger partial charge in [0, 0.05) is 38.3 Å². The van der Waals surface area contributed by atoms with Gasteiger partial charge in [0.05, 0.1) is 6.61 Å². The fourth-order valence-corrected chi connectivity index (χ4v) is 3.18. The van der Waals surface area contributed by atoms with Crippen molar-refractivity contribution in [2.75, 3.05) is 32.8 Å². The molecule has 1 saturated carbocycles. The maximum absolute atomic E-state index is 5.70. The van der Waals surface area contributed by atoms with Crippen molar-refractivity contribution in [3.63, 3.8) is 0 Å². The molecular formula is C16H32N2O. The average molecular weight is 268 g/mol. The Bertz CT molecular complexity index is 270. The highest BCUT2D eigenvalue weighted by molar-refractivity contribution is 4.97. The standard InChI is InChI=1S/C16H32N2O/c1-5-9-19-10-8-18-12-14(13-6-7-13)17-11-15(18)16(2,3)4/h13-15,17H,5-12H2,1-4H3.